The van der Waals surface area contributed by atoms with Crippen LogP contribution in [0.25, 0.3) is 0 Å². The highest BCUT2D eigenvalue weighted by Gasteiger charge is 2.26. The minimum Gasteiger partial charge on any atom is -0.282 e. The normalized spacial score (nSPS) is 15.4. The van der Waals surface area contributed by atoms with Gasteiger partial charge < -0.3 is 0 Å². The molecule has 0 saturated heterocycles. The number of hydrogen-bond donors (Lipinski definition) is 2. The van der Waals surface area contributed by atoms with Gasteiger partial charge >= 0.3 is 0 Å². The van der Waals surface area contributed by atoms with E-state index < -0.39 is 20.2 Å². The van der Waals surface area contributed by atoms with Crippen molar-refractivity contribution in [3.63, 3.8) is 0 Å². The largest absolute Gasteiger partial charge is 0.294 e. The van der Waals surface area contributed by atoms with Crippen LogP contribution >= 0.6 is 0 Å². The third-order valence-electron chi connectivity index (χ3n) is 10.0. The van der Waals surface area contributed by atoms with E-state index in [4.69, 9.17) is 0 Å². The zero-order chi connectivity index (χ0) is 34.7. The van der Waals surface area contributed by atoms with Gasteiger partial charge in [-0.15, -0.1) is 0 Å². The third-order valence-corrected chi connectivity index (χ3v) is 11.8. The maximum absolute atomic E-state index is 11.7. The smallest absolute Gasteiger partial charge is 0.282 e. The molecule has 0 aliphatic carbocycles. The Hall–Kier alpha value is -3.30. The van der Waals surface area contributed by atoms with Crippen molar-refractivity contribution < 1.29 is 25.9 Å². The zero-order valence-electron chi connectivity index (χ0n) is 28.3. The molecule has 2 N–H and O–H groups in total. The summed E-state index contributed by atoms with van der Waals surface area (Å²) in [6, 6.07) is 34.5. The standard InChI is InChI=1S/C40H50O6S2/c1-4-31(40(36-17-10-7-11-18-36)29-32(5-2)34-20-24-38(25-21-34)47(41,42)43)14-12-13-19-37(28-30(3)33-15-8-6-9-16-33)35-22-26-39(27-23-35)48(44,45)46/h6-11,15-18,20-27,30-32,37,40H,4-5,12-14,19,28-29H2,1-3H3,(H,41,42,43)(H,44,45,46). The molecule has 0 heterocycles. The van der Waals surface area contributed by atoms with E-state index >= 15 is 0 Å². The Morgan fingerprint density at radius 3 is 1.44 bits per heavy atom. The Morgan fingerprint density at radius 2 is 0.979 bits per heavy atom. The second-order valence-corrected chi connectivity index (χ2v) is 16.0. The van der Waals surface area contributed by atoms with Gasteiger partial charge in [-0.2, -0.15) is 16.8 Å². The summed E-state index contributed by atoms with van der Waals surface area (Å²) in [6.07, 6.45) is 8.02. The molecule has 0 radical (unpaired) electrons. The lowest BCUT2D eigenvalue weighted by atomic mass is 9.74. The minimum absolute atomic E-state index is 0.0846. The van der Waals surface area contributed by atoms with Gasteiger partial charge in [-0.3, -0.25) is 9.11 Å². The highest BCUT2D eigenvalue weighted by molar-refractivity contribution is 7.86. The van der Waals surface area contributed by atoms with Crippen LogP contribution in [0.5, 0.6) is 0 Å². The third kappa shape index (κ3) is 10.6. The Kier molecular flexibility index (Phi) is 13.6. The zero-order valence-corrected chi connectivity index (χ0v) is 29.9. The molecule has 0 fully saturated rings. The van der Waals surface area contributed by atoms with Gasteiger partial charge in [0.25, 0.3) is 20.2 Å². The van der Waals surface area contributed by atoms with E-state index in [-0.39, 0.29) is 21.6 Å². The van der Waals surface area contributed by atoms with Crippen LogP contribution in [0, 0.1) is 5.92 Å². The first-order valence-electron chi connectivity index (χ1n) is 17.1. The summed E-state index contributed by atoms with van der Waals surface area (Å²) in [5.41, 5.74) is 4.78. The van der Waals surface area contributed by atoms with Crippen LogP contribution in [0.15, 0.2) is 119 Å². The van der Waals surface area contributed by atoms with Gasteiger partial charge in [0.05, 0.1) is 9.79 Å². The molecule has 0 aromatic heterocycles. The lowest BCUT2D eigenvalue weighted by Crippen LogP contribution is -2.16. The van der Waals surface area contributed by atoms with Crippen molar-refractivity contribution in [3.8, 4) is 0 Å². The van der Waals surface area contributed by atoms with Crippen molar-refractivity contribution >= 4 is 20.2 Å². The Labute approximate surface area is 288 Å². The van der Waals surface area contributed by atoms with E-state index in [0.717, 1.165) is 62.5 Å². The summed E-state index contributed by atoms with van der Waals surface area (Å²) in [6.45, 7) is 6.68. The van der Waals surface area contributed by atoms with Gasteiger partial charge in [-0.1, -0.05) is 125 Å². The molecule has 0 saturated carbocycles. The van der Waals surface area contributed by atoms with Crippen LogP contribution in [0.1, 0.15) is 118 Å². The van der Waals surface area contributed by atoms with Crippen LogP contribution in [0.2, 0.25) is 0 Å². The molecule has 5 atom stereocenters. The second-order valence-electron chi connectivity index (χ2n) is 13.1. The molecule has 4 aromatic carbocycles. The van der Waals surface area contributed by atoms with E-state index in [1.54, 1.807) is 0 Å². The molecule has 6 nitrogen and oxygen atoms in total. The summed E-state index contributed by atoms with van der Waals surface area (Å²) >= 11 is 0. The van der Waals surface area contributed by atoms with Crippen molar-refractivity contribution in [1.29, 1.82) is 0 Å². The van der Waals surface area contributed by atoms with Crippen molar-refractivity contribution in [1.82, 2.24) is 0 Å². The predicted octanol–water partition coefficient (Wildman–Crippen LogP) is 10.4. The summed E-state index contributed by atoms with van der Waals surface area (Å²) in [7, 11) is -8.48. The number of rotatable bonds is 18. The molecule has 0 aliphatic heterocycles. The second kappa shape index (κ2) is 17.4. The topological polar surface area (TPSA) is 109 Å². The number of hydrogen-bond acceptors (Lipinski definition) is 4. The molecule has 5 unspecified atom stereocenters. The first-order chi connectivity index (χ1) is 22.9. The Morgan fingerprint density at radius 1 is 0.521 bits per heavy atom. The van der Waals surface area contributed by atoms with Gasteiger partial charge in [0, 0.05) is 0 Å². The van der Waals surface area contributed by atoms with Gasteiger partial charge in [-0.25, -0.2) is 0 Å². The SMILES string of the molecule is CCC(CC(c1ccccc1)C(CC)CCCCC(CC(C)c1ccccc1)c1ccc(S(=O)(=O)O)cc1)c1ccc(S(=O)(=O)O)cc1. The predicted molar refractivity (Wildman–Crippen MR) is 194 cm³/mol. The summed E-state index contributed by atoms with van der Waals surface area (Å²) in [5.74, 6) is 1.63. The van der Waals surface area contributed by atoms with Crippen molar-refractivity contribution in [2.75, 3.05) is 0 Å². The van der Waals surface area contributed by atoms with Crippen LogP contribution in [0.4, 0.5) is 0 Å². The van der Waals surface area contributed by atoms with Crippen molar-refractivity contribution in [2.45, 2.75) is 106 Å². The monoisotopic (exact) mass is 690 g/mol. The molecule has 0 bridgehead atoms. The number of benzene rings is 4. The fraction of sp³-hybridized carbons (Fsp3) is 0.400. The fourth-order valence-corrected chi connectivity index (χ4v) is 8.18. The molecule has 0 amide bonds. The molecule has 0 aliphatic rings. The van der Waals surface area contributed by atoms with Crippen LogP contribution < -0.4 is 0 Å². The van der Waals surface area contributed by atoms with Crippen LogP contribution in [-0.2, 0) is 20.2 Å². The average Bonchev–Trinajstić information content (AvgIpc) is 3.09. The summed E-state index contributed by atoms with van der Waals surface area (Å²) in [5, 5.41) is 0. The maximum atomic E-state index is 11.7. The molecule has 4 rings (SSSR count). The number of unbranched alkanes of at least 4 members (excludes halogenated alkanes) is 1. The van der Waals surface area contributed by atoms with Crippen molar-refractivity contribution in [3.05, 3.63) is 131 Å². The first-order valence-corrected chi connectivity index (χ1v) is 20.0. The Bertz CT molecular complexity index is 1760. The highest BCUT2D eigenvalue weighted by Crippen LogP contribution is 2.41. The quantitative estimate of drug-likeness (QED) is 0.0794. The van der Waals surface area contributed by atoms with Gasteiger partial charge in [0.1, 0.15) is 0 Å². The highest BCUT2D eigenvalue weighted by atomic mass is 32.2. The summed E-state index contributed by atoms with van der Waals surface area (Å²) < 4.78 is 65.5. The minimum atomic E-state index is -4.25. The van der Waals surface area contributed by atoms with Gasteiger partial charge in [0.15, 0.2) is 0 Å². The van der Waals surface area contributed by atoms with Gasteiger partial charge in [-0.05, 0) is 108 Å². The lowest BCUT2D eigenvalue weighted by molar-refractivity contribution is 0.329. The molecule has 4 aromatic rings. The maximum Gasteiger partial charge on any atom is 0.294 e. The summed E-state index contributed by atoms with van der Waals surface area (Å²) in [4.78, 5) is -0.170. The van der Waals surface area contributed by atoms with Crippen LogP contribution in [0.3, 0.4) is 0 Å². The van der Waals surface area contributed by atoms with E-state index in [1.165, 1.54) is 35.4 Å². The fourth-order valence-electron chi connectivity index (χ4n) is 7.22. The molecular formula is C40H50O6S2. The van der Waals surface area contributed by atoms with E-state index in [9.17, 15) is 25.9 Å². The van der Waals surface area contributed by atoms with E-state index in [2.05, 4.69) is 69.3 Å². The van der Waals surface area contributed by atoms with Gasteiger partial charge in [0.2, 0.25) is 0 Å². The molecule has 48 heavy (non-hydrogen) atoms. The molecular weight excluding hydrogens is 641 g/mol. The first kappa shape index (κ1) is 37.5. The van der Waals surface area contributed by atoms with Crippen molar-refractivity contribution in [2.24, 2.45) is 5.92 Å². The lowest BCUT2D eigenvalue weighted by Gasteiger charge is -2.31. The molecule has 258 valence electrons. The molecule has 8 heteroatoms. The molecule has 0 spiro atoms. The van der Waals surface area contributed by atoms with Crippen LogP contribution in [-0.4, -0.2) is 25.9 Å². The average molecular weight is 691 g/mol. The Balaban J connectivity index is 1.48. The van der Waals surface area contributed by atoms with E-state index in [0.29, 0.717) is 17.8 Å². The van der Waals surface area contributed by atoms with E-state index in [1.807, 2.05) is 36.4 Å².